The largest absolute Gasteiger partial charge is 0.393 e. The van der Waals surface area contributed by atoms with Crippen molar-refractivity contribution >= 4 is 0 Å². The molecule has 1 saturated carbocycles. The standard InChI is InChI=1S/C9H19NO2/c1-10-6-9(12)7-3-2-4-8(11)5-7/h7-12H,2-6H2,1H3. The average molecular weight is 173 g/mol. The van der Waals surface area contributed by atoms with Gasteiger partial charge in [-0.05, 0) is 32.2 Å². The lowest BCUT2D eigenvalue weighted by Crippen LogP contribution is -2.35. The van der Waals surface area contributed by atoms with Crippen molar-refractivity contribution in [2.24, 2.45) is 5.92 Å². The monoisotopic (exact) mass is 173 g/mol. The second kappa shape index (κ2) is 4.80. The third kappa shape index (κ3) is 2.73. The number of likely N-dealkylation sites (N-methyl/N-ethyl adjacent to an activating group) is 1. The number of aliphatic hydroxyl groups is 2. The Kier molecular flexibility index (Phi) is 3.98. The molecule has 0 amide bonds. The Labute approximate surface area is 73.8 Å². The summed E-state index contributed by atoms with van der Waals surface area (Å²) in [6.45, 7) is 0.636. The van der Waals surface area contributed by atoms with E-state index in [1.165, 1.54) is 0 Å². The fraction of sp³-hybridized carbons (Fsp3) is 1.00. The lowest BCUT2D eigenvalue weighted by Gasteiger charge is -2.29. The smallest absolute Gasteiger partial charge is 0.0693 e. The third-order valence-electron chi connectivity index (χ3n) is 2.64. The molecule has 0 heterocycles. The van der Waals surface area contributed by atoms with Crippen LogP contribution in [0.2, 0.25) is 0 Å². The predicted octanol–water partition coefficient (Wildman–Crippen LogP) is 0.118. The van der Waals surface area contributed by atoms with E-state index in [0.717, 1.165) is 25.7 Å². The van der Waals surface area contributed by atoms with E-state index >= 15 is 0 Å². The van der Waals surface area contributed by atoms with Crippen molar-refractivity contribution in [3.8, 4) is 0 Å². The first-order valence-corrected chi connectivity index (χ1v) is 4.74. The fourth-order valence-electron chi connectivity index (χ4n) is 1.93. The summed E-state index contributed by atoms with van der Waals surface area (Å²) in [5.74, 6) is 0.293. The molecule has 0 aromatic rings. The maximum Gasteiger partial charge on any atom is 0.0693 e. The SMILES string of the molecule is CNCC(O)C1CCCC(O)C1. The average Bonchev–Trinajstić information content (AvgIpc) is 2.05. The summed E-state index contributed by atoms with van der Waals surface area (Å²) in [7, 11) is 1.84. The third-order valence-corrected chi connectivity index (χ3v) is 2.64. The summed E-state index contributed by atoms with van der Waals surface area (Å²) < 4.78 is 0. The van der Waals surface area contributed by atoms with E-state index < -0.39 is 0 Å². The summed E-state index contributed by atoms with van der Waals surface area (Å²) in [4.78, 5) is 0. The fourth-order valence-corrected chi connectivity index (χ4v) is 1.93. The maximum atomic E-state index is 9.62. The summed E-state index contributed by atoms with van der Waals surface area (Å²) >= 11 is 0. The van der Waals surface area contributed by atoms with Gasteiger partial charge in [-0.3, -0.25) is 0 Å². The number of aliphatic hydroxyl groups excluding tert-OH is 2. The van der Waals surface area contributed by atoms with Crippen molar-refractivity contribution in [2.45, 2.75) is 37.9 Å². The highest BCUT2D eigenvalue weighted by atomic mass is 16.3. The Balaban J connectivity index is 2.29. The van der Waals surface area contributed by atoms with Gasteiger partial charge in [0, 0.05) is 6.54 Å². The Bertz CT molecular complexity index is 130. The molecule has 1 aliphatic carbocycles. The van der Waals surface area contributed by atoms with Crippen LogP contribution in [0.25, 0.3) is 0 Å². The van der Waals surface area contributed by atoms with Gasteiger partial charge in [0.05, 0.1) is 12.2 Å². The van der Waals surface area contributed by atoms with Gasteiger partial charge in [0.2, 0.25) is 0 Å². The van der Waals surface area contributed by atoms with Crippen molar-refractivity contribution in [3.05, 3.63) is 0 Å². The molecular weight excluding hydrogens is 154 g/mol. The van der Waals surface area contributed by atoms with Gasteiger partial charge in [-0.1, -0.05) is 6.42 Å². The van der Waals surface area contributed by atoms with E-state index in [-0.39, 0.29) is 12.2 Å². The minimum atomic E-state index is -0.287. The van der Waals surface area contributed by atoms with Gasteiger partial charge in [-0.25, -0.2) is 0 Å². The van der Waals surface area contributed by atoms with Crippen LogP contribution >= 0.6 is 0 Å². The lowest BCUT2D eigenvalue weighted by atomic mass is 9.83. The van der Waals surface area contributed by atoms with E-state index in [9.17, 15) is 10.2 Å². The second-order valence-electron chi connectivity index (χ2n) is 3.71. The van der Waals surface area contributed by atoms with Crippen LogP contribution in [0, 0.1) is 5.92 Å². The molecule has 12 heavy (non-hydrogen) atoms. The Morgan fingerprint density at radius 2 is 2.25 bits per heavy atom. The molecule has 1 rings (SSSR count). The van der Waals surface area contributed by atoms with Gasteiger partial charge in [-0.2, -0.15) is 0 Å². The Hall–Kier alpha value is -0.120. The van der Waals surface area contributed by atoms with Crippen LogP contribution < -0.4 is 5.32 Å². The molecule has 0 aliphatic heterocycles. The predicted molar refractivity (Wildman–Crippen MR) is 47.9 cm³/mol. The van der Waals surface area contributed by atoms with E-state index in [1.54, 1.807) is 0 Å². The molecule has 0 bridgehead atoms. The van der Waals surface area contributed by atoms with E-state index in [1.807, 2.05) is 7.05 Å². The summed E-state index contributed by atoms with van der Waals surface area (Å²) in [6, 6.07) is 0. The van der Waals surface area contributed by atoms with Gasteiger partial charge in [0.25, 0.3) is 0 Å². The van der Waals surface area contributed by atoms with Crippen LogP contribution in [-0.4, -0.2) is 36.0 Å². The molecule has 3 heteroatoms. The van der Waals surface area contributed by atoms with E-state index in [2.05, 4.69) is 5.32 Å². The zero-order chi connectivity index (χ0) is 8.97. The molecule has 72 valence electrons. The molecule has 3 nitrogen and oxygen atoms in total. The number of rotatable bonds is 3. The van der Waals surface area contributed by atoms with Crippen LogP contribution in [0.3, 0.4) is 0 Å². The van der Waals surface area contributed by atoms with E-state index in [4.69, 9.17) is 0 Å². The molecule has 1 aliphatic rings. The van der Waals surface area contributed by atoms with Crippen molar-refractivity contribution in [1.82, 2.24) is 5.32 Å². The molecule has 3 N–H and O–H groups in total. The Morgan fingerprint density at radius 3 is 2.83 bits per heavy atom. The first-order chi connectivity index (χ1) is 5.74. The van der Waals surface area contributed by atoms with Crippen LogP contribution in [0.15, 0.2) is 0 Å². The van der Waals surface area contributed by atoms with Crippen LogP contribution in [0.1, 0.15) is 25.7 Å². The van der Waals surface area contributed by atoms with Crippen molar-refractivity contribution in [1.29, 1.82) is 0 Å². The zero-order valence-electron chi connectivity index (χ0n) is 7.66. The molecule has 3 atom stereocenters. The molecule has 0 aromatic heterocycles. The van der Waals surface area contributed by atoms with Crippen molar-refractivity contribution < 1.29 is 10.2 Å². The minimum absolute atomic E-state index is 0.185. The second-order valence-corrected chi connectivity index (χ2v) is 3.71. The number of hydrogen-bond donors (Lipinski definition) is 3. The van der Waals surface area contributed by atoms with Gasteiger partial charge < -0.3 is 15.5 Å². The quantitative estimate of drug-likeness (QED) is 0.568. The van der Waals surface area contributed by atoms with Crippen LogP contribution in [0.4, 0.5) is 0 Å². The summed E-state index contributed by atoms with van der Waals surface area (Å²) in [6.07, 6.45) is 3.30. The zero-order valence-corrected chi connectivity index (χ0v) is 7.66. The van der Waals surface area contributed by atoms with Crippen molar-refractivity contribution in [2.75, 3.05) is 13.6 Å². The molecule has 0 radical (unpaired) electrons. The Morgan fingerprint density at radius 1 is 1.50 bits per heavy atom. The molecule has 3 unspecified atom stereocenters. The highest BCUT2D eigenvalue weighted by Crippen LogP contribution is 2.26. The highest BCUT2D eigenvalue weighted by Gasteiger charge is 2.25. The minimum Gasteiger partial charge on any atom is -0.393 e. The molecule has 1 fully saturated rings. The van der Waals surface area contributed by atoms with Gasteiger partial charge in [0.15, 0.2) is 0 Å². The number of hydrogen-bond acceptors (Lipinski definition) is 3. The summed E-state index contributed by atoms with van der Waals surface area (Å²) in [5, 5.41) is 21.9. The van der Waals surface area contributed by atoms with Crippen LogP contribution in [0.5, 0.6) is 0 Å². The molecule has 0 spiro atoms. The van der Waals surface area contributed by atoms with E-state index in [0.29, 0.717) is 12.5 Å². The van der Waals surface area contributed by atoms with Gasteiger partial charge in [0.1, 0.15) is 0 Å². The summed E-state index contributed by atoms with van der Waals surface area (Å²) in [5.41, 5.74) is 0. The topological polar surface area (TPSA) is 52.5 Å². The molecular formula is C9H19NO2. The molecule has 0 aromatic carbocycles. The van der Waals surface area contributed by atoms with Gasteiger partial charge >= 0.3 is 0 Å². The first-order valence-electron chi connectivity index (χ1n) is 4.74. The maximum absolute atomic E-state index is 9.62. The van der Waals surface area contributed by atoms with Gasteiger partial charge in [-0.15, -0.1) is 0 Å². The first kappa shape index (κ1) is 9.96. The lowest BCUT2D eigenvalue weighted by molar-refractivity contribution is 0.0310. The highest BCUT2D eigenvalue weighted by molar-refractivity contribution is 4.78. The molecule has 0 saturated heterocycles. The van der Waals surface area contributed by atoms with Crippen molar-refractivity contribution in [3.63, 3.8) is 0 Å². The normalized spacial score (nSPS) is 33.2. The van der Waals surface area contributed by atoms with Crippen LogP contribution in [-0.2, 0) is 0 Å². The number of nitrogens with one attached hydrogen (secondary N) is 1.